The van der Waals surface area contributed by atoms with Gasteiger partial charge in [0.25, 0.3) is 0 Å². The summed E-state index contributed by atoms with van der Waals surface area (Å²) in [7, 11) is 0. The molecule has 2 aromatic heterocycles. The summed E-state index contributed by atoms with van der Waals surface area (Å²) in [4.78, 5) is 19.6. The number of rotatable bonds is 8. The molecule has 1 saturated heterocycles. The van der Waals surface area contributed by atoms with Gasteiger partial charge in [-0.05, 0) is 61.4 Å². The molecule has 302 valence electrons. The number of pyridine rings is 2. The molecule has 0 saturated carbocycles. The van der Waals surface area contributed by atoms with Crippen LogP contribution in [-0.4, -0.2) is 27.9 Å². The maximum Gasteiger partial charge on any atom is 0.351 e. The van der Waals surface area contributed by atoms with Gasteiger partial charge in [-0.15, -0.1) is 21.8 Å². The zero-order valence-electron chi connectivity index (χ0n) is 31.9. The third-order valence-electron chi connectivity index (χ3n) is 8.71. The molecular formula is C44H37F8IN2O2Si. The summed E-state index contributed by atoms with van der Waals surface area (Å²) < 4.78 is 118. The molecule has 58 heavy (non-hydrogen) atoms. The van der Waals surface area contributed by atoms with Crippen LogP contribution in [-0.2, 0) is 22.2 Å². The predicted octanol–water partition coefficient (Wildman–Crippen LogP) is 12.9. The molecule has 3 heterocycles. The van der Waals surface area contributed by atoms with Crippen molar-refractivity contribution in [1.82, 2.24) is 9.97 Å². The van der Waals surface area contributed by atoms with Gasteiger partial charge in [0.2, 0.25) is 5.78 Å². The summed E-state index contributed by atoms with van der Waals surface area (Å²) in [5.74, 6) is -13.6. The summed E-state index contributed by atoms with van der Waals surface area (Å²) in [6.07, 6.45) is 2.58. The zero-order valence-corrected chi connectivity index (χ0v) is 35.0. The predicted molar refractivity (Wildman–Crippen MR) is 219 cm³/mol. The number of alkyl halides is 4. The van der Waals surface area contributed by atoms with Crippen LogP contribution in [0.15, 0.2) is 122 Å². The number of hydrogen-bond acceptors (Lipinski definition) is 4. The monoisotopic (exact) mass is 932 g/mol. The molecule has 1 fully saturated rings. The Morgan fingerprint density at radius 1 is 0.638 bits per heavy atom. The minimum absolute atomic E-state index is 0.371. The third-order valence-corrected chi connectivity index (χ3v) is 8.71. The van der Waals surface area contributed by atoms with E-state index in [4.69, 9.17) is 4.74 Å². The fourth-order valence-electron chi connectivity index (χ4n) is 5.55. The van der Waals surface area contributed by atoms with Crippen molar-refractivity contribution in [2.45, 2.75) is 50.9 Å². The molecule has 0 bridgehead atoms. The van der Waals surface area contributed by atoms with Crippen LogP contribution in [0.3, 0.4) is 0 Å². The smallest absolute Gasteiger partial charge is 0.351 e. The van der Waals surface area contributed by atoms with Crippen molar-refractivity contribution >= 4 is 33.2 Å². The summed E-state index contributed by atoms with van der Waals surface area (Å²) in [5, 5.41) is 0. The Hall–Kier alpha value is -4.80. The van der Waals surface area contributed by atoms with Crippen LogP contribution in [0.2, 0.25) is 19.6 Å². The Morgan fingerprint density at radius 3 is 1.45 bits per heavy atom. The molecule has 14 heteroatoms. The first-order valence-electron chi connectivity index (χ1n) is 17.7. The van der Waals surface area contributed by atoms with Crippen molar-refractivity contribution in [2.75, 3.05) is 6.61 Å². The first-order chi connectivity index (χ1) is 27.1. The number of epoxide rings is 1. The van der Waals surface area contributed by atoms with E-state index in [9.17, 15) is 31.1 Å². The van der Waals surface area contributed by atoms with E-state index < -0.39 is 69.0 Å². The number of ether oxygens (including phenoxy) is 1. The lowest BCUT2D eigenvalue weighted by Crippen LogP contribution is -2.34. The summed E-state index contributed by atoms with van der Waals surface area (Å²) >= 11 is 2.52. The number of aromatic nitrogens is 2. The first-order valence-corrected chi connectivity index (χ1v) is 24.3. The van der Waals surface area contributed by atoms with Crippen molar-refractivity contribution in [1.29, 1.82) is 0 Å². The van der Waals surface area contributed by atoms with E-state index in [-0.39, 0.29) is 12.2 Å². The molecule has 1 atom stereocenters. The lowest BCUT2D eigenvalue weighted by Gasteiger charge is -2.24. The highest BCUT2D eigenvalue weighted by atomic mass is 127. The van der Waals surface area contributed by atoms with Crippen LogP contribution in [0, 0.1) is 37.1 Å². The SMILES string of the molecule is C[Si](C)(C)I.Cc1ccc(-c2ccc(C(F)(F)C(=O)c3ccc(F)cc3F)nc2)cc1.Cc1ccc(-c2ccc(C(F)(F)C3(c4ccc(F)cc4F)CO3)nc2)cc1. The van der Waals surface area contributed by atoms with Crippen molar-refractivity contribution in [2.24, 2.45) is 0 Å². The number of nitrogens with zero attached hydrogens (tertiary/aromatic N) is 2. The number of ketones is 1. The van der Waals surface area contributed by atoms with Gasteiger partial charge in [0.1, 0.15) is 40.2 Å². The number of halogens is 9. The Balaban J connectivity index is 0.000000198. The van der Waals surface area contributed by atoms with E-state index in [1.807, 2.05) is 62.4 Å². The summed E-state index contributed by atoms with van der Waals surface area (Å²) in [6.45, 7) is 10.4. The molecule has 0 N–H and O–H groups in total. The van der Waals surface area contributed by atoms with Gasteiger partial charge in [0.05, 0.1) is 12.2 Å². The van der Waals surface area contributed by atoms with E-state index in [1.165, 1.54) is 30.6 Å². The van der Waals surface area contributed by atoms with Gasteiger partial charge in [0.15, 0.2) is 5.60 Å². The van der Waals surface area contributed by atoms with Crippen LogP contribution >= 0.6 is 21.8 Å². The van der Waals surface area contributed by atoms with Crippen molar-refractivity contribution in [3.05, 3.63) is 178 Å². The van der Waals surface area contributed by atoms with Crippen LogP contribution < -0.4 is 0 Å². The van der Waals surface area contributed by atoms with Gasteiger partial charge in [-0.3, -0.25) is 14.8 Å². The molecule has 1 aliphatic rings. The Morgan fingerprint density at radius 2 is 1.05 bits per heavy atom. The molecule has 6 aromatic rings. The minimum atomic E-state index is -4.04. The van der Waals surface area contributed by atoms with Gasteiger partial charge < -0.3 is 4.74 Å². The Bertz CT molecular complexity index is 2360. The van der Waals surface area contributed by atoms with Crippen molar-refractivity contribution in [3.8, 4) is 22.3 Å². The Kier molecular flexibility index (Phi) is 13.4. The van der Waals surface area contributed by atoms with Crippen LogP contribution in [0.1, 0.15) is 38.4 Å². The highest BCUT2D eigenvalue weighted by Crippen LogP contribution is 2.56. The largest absolute Gasteiger partial charge is 0.357 e. The maximum absolute atomic E-state index is 15.1. The van der Waals surface area contributed by atoms with Crippen LogP contribution in [0.5, 0.6) is 0 Å². The third kappa shape index (κ3) is 10.4. The number of hydrogen-bond donors (Lipinski definition) is 0. The fraction of sp³-hybridized carbons (Fsp3) is 0.205. The molecule has 1 aliphatic heterocycles. The van der Waals surface area contributed by atoms with Crippen LogP contribution in [0.4, 0.5) is 35.1 Å². The maximum atomic E-state index is 15.1. The van der Waals surface area contributed by atoms with E-state index >= 15 is 8.78 Å². The molecule has 0 amide bonds. The van der Waals surface area contributed by atoms with Gasteiger partial charge in [-0.2, -0.15) is 17.6 Å². The molecule has 4 aromatic carbocycles. The molecule has 7 rings (SSSR count). The fourth-order valence-corrected chi connectivity index (χ4v) is 5.55. The molecule has 0 spiro atoms. The van der Waals surface area contributed by atoms with E-state index in [0.29, 0.717) is 29.3 Å². The Labute approximate surface area is 344 Å². The van der Waals surface area contributed by atoms with Gasteiger partial charge >= 0.3 is 11.8 Å². The number of benzene rings is 4. The van der Waals surface area contributed by atoms with E-state index in [0.717, 1.165) is 46.5 Å². The summed E-state index contributed by atoms with van der Waals surface area (Å²) in [6, 6.07) is 24.5. The lowest BCUT2D eigenvalue weighted by molar-refractivity contribution is -0.0901. The summed E-state index contributed by atoms with van der Waals surface area (Å²) in [5.41, 5.74) is -0.334. The highest BCUT2D eigenvalue weighted by molar-refractivity contribution is 14.1. The molecule has 4 nitrogen and oxygen atoms in total. The lowest BCUT2D eigenvalue weighted by atomic mass is 9.90. The zero-order chi connectivity index (χ0) is 42.6. The van der Waals surface area contributed by atoms with Crippen molar-refractivity contribution < 1.29 is 44.7 Å². The standard InChI is InChI=1S/C21H15F4NO.C20H13F4NO.C3H9ISi/c1-13-2-4-14(5-3-13)15-6-9-19(26-11-15)21(24,25)20(12-27-20)17-8-7-16(22)10-18(17)23;1-12-2-4-13(5-3-12)14-6-9-18(25-11-14)20(23,24)19(26)16-8-7-15(21)10-17(16)22;1-5(2,3)4/h2-11H,12H2,1H3;2-11H,1H3;1-3H3. The second-order valence-corrected chi connectivity index (χ2v) is 28.3. The van der Waals surface area contributed by atoms with Crippen molar-refractivity contribution in [3.63, 3.8) is 0 Å². The number of Topliss-reactive ketones (excluding diaryl/α,β-unsaturated/α-hetero) is 1. The quantitative estimate of drug-likeness (QED) is 0.0381. The van der Waals surface area contributed by atoms with Gasteiger partial charge in [-0.25, -0.2) is 17.6 Å². The normalized spacial score (nSPS) is 15.1. The molecule has 0 radical (unpaired) electrons. The number of carbonyl (C=O) groups excluding carboxylic acids is 1. The second-order valence-electron chi connectivity index (χ2n) is 14.5. The van der Waals surface area contributed by atoms with E-state index in [1.54, 1.807) is 0 Å². The van der Waals surface area contributed by atoms with Crippen LogP contribution in [0.25, 0.3) is 22.3 Å². The molecular weight excluding hydrogens is 895 g/mol. The number of aryl methyl sites for hydroxylation is 2. The minimum Gasteiger partial charge on any atom is -0.357 e. The van der Waals surface area contributed by atoms with E-state index in [2.05, 4.69) is 51.4 Å². The number of carbonyl (C=O) groups is 1. The average Bonchev–Trinajstić information content (AvgIpc) is 3.98. The van der Waals surface area contributed by atoms with Gasteiger partial charge in [-0.1, -0.05) is 91.4 Å². The topological polar surface area (TPSA) is 55.4 Å². The first kappa shape index (κ1) is 44.3. The van der Waals surface area contributed by atoms with Gasteiger partial charge in [0, 0.05) is 41.2 Å². The average molecular weight is 933 g/mol. The molecule has 1 unspecified atom stereocenters. The highest BCUT2D eigenvalue weighted by Gasteiger charge is 2.68. The molecule has 0 aliphatic carbocycles. The second kappa shape index (κ2) is 17.6.